The zero-order chi connectivity index (χ0) is 23.8. The molecule has 3 aromatic carbocycles. The van der Waals surface area contributed by atoms with Crippen LogP contribution >= 0.6 is 11.8 Å². The molecule has 0 saturated carbocycles. The molecule has 1 N–H and O–H groups in total. The van der Waals surface area contributed by atoms with E-state index in [2.05, 4.69) is 108 Å². The second-order valence-corrected chi connectivity index (χ2v) is 12.5. The highest BCUT2D eigenvalue weighted by Gasteiger charge is 2.27. The van der Waals surface area contributed by atoms with Gasteiger partial charge in [-0.05, 0) is 62.4 Å². The van der Waals surface area contributed by atoms with Gasteiger partial charge in [-0.25, -0.2) is 0 Å². The number of thioether (sulfide) groups is 1. The maximum absolute atomic E-state index is 10.3. The lowest BCUT2D eigenvalue weighted by Gasteiger charge is -2.20. The van der Waals surface area contributed by atoms with Gasteiger partial charge < -0.3 is 9.84 Å². The third-order valence-corrected chi connectivity index (χ3v) is 7.62. The molecule has 2 atom stereocenters. The predicted octanol–water partition coefficient (Wildman–Crippen LogP) is 7.47. The Bertz CT molecular complexity index is 1010. The normalized spacial score (nSPS) is 19.1. The van der Waals surface area contributed by atoms with Gasteiger partial charge in [0.2, 0.25) is 0 Å². The average molecular weight is 461 g/mol. The predicted molar refractivity (Wildman–Crippen MR) is 141 cm³/mol. The van der Waals surface area contributed by atoms with E-state index in [1.165, 1.54) is 33.4 Å². The largest absolute Gasteiger partial charge is 0.389 e. The zero-order valence-corrected chi connectivity index (χ0v) is 21.5. The molecule has 1 aliphatic rings. The number of aliphatic hydroxyl groups excluding tert-OH is 1. The molecule has 1 heterocycles. The van der Waals surface area contributed by atoms with Gasteiger partial charge in [0.05, 0.1) is 24.6 Å². The molecule has 1 fully saturated rings. The van der Waals surface area contributed by atoms with Crippen molar-refractivity contribution in [3.63, 3.8) is 0 Å². The Kier molecular flexibility index (Phi) is 6.77. The van der Waals surface area contributed by atoms with Crippen LogP contribution in [0.5, 0.6) is 0 Å². The van der Waals surface area contributed by atoms with Crippen LogP contribution in [0.1, 0.15) is 52.7 Å². The summed E-state index contributed by atoms with van der Waals surface area (Å²) in [5.74, 6) is 0. The molecule has 1 aliphatic heterocycles. The third-order valence-electron chi connectivity index (χ3n) is 6.36. The molecule has 0 radical (unpaired) electrons. The molecular formula is C30H36O2S. The summed E-state index contributed by atoms with van der Waals surface area (Å²) in [5, 5.41) is 10.4. The fraction of sp³-hybridized carbons (Fsp3) is 0.400. The zero-order valence-electron chi connectivity index (χ0n) is 20.7. The molecule has 2 unspecified atom stereocenters. The number of rotatable bonds is 4. The lowest BCUT2D eigenvalue weighted by Crippen LogP contribution is -2.19. The van der Waals surface area contributed by atoms with E-state index in [1.807, 2.05) is 0 Å². The molecule has 174 valence electrons. The summed E-state index contributed by atoms with van der Waals surface area (Å²) in [5.41, 5.74) is 7.75. The lowest BCUT2D eigenvalue weighted by molar-refractivity contribution is 0.127. The Morgan fingerprint density at radius 3 is 1.48 bits per heavy atom. The fourth-order valence-electron chi connectivity index (χ4n) is 4.14. The number of hydrogen-bond acceptors (Lipinski definition) is 3. The van der Waals surface area contributed by atoms with Crippen LogP contribution in [0.15, 0.2) is 71.6 Å². The minimum atomic E-state index is -0.417. The van der Waals surface area contributed by atoms with E-state index in [4.69, 9.17) is 4.74 Å². The minimum Gasteiger partial charge on any atom is -0.389 e. The Hall–Kier alpha value is -2.07. The van der Waals surface area contributed by atoms with Crippen LogP contribution in [0.25, 0.3) is 22.3 Å². The van der Waals surface area contributed by atoms with Crippen molar-refractivity contribution in [1.82, 2.24) is 0 Å². The van der Waals surface area contributed by atoms with E-state index in [0.29, 0.717) is 13.2 Å². The molecule has 0 bridgehead atoms. The molecule has 4 rings (SSSR count). The second kappa shape index (κ2) is 9.29. The average Bonchev–Trinajstić information content (AvgIpc) is 3.17. The van der Waals surface area contributed by atoms with Gasteiger partial charge in [0.15, 0.2) is 0 Å². The number of aliphatic hydroxyl groups is 1. The minimum absolute atomic E-state index is 0.0691. The van der Waals surface area contributed by atoms with Gasteiger partial charge in [-0.2, -0.15) is 0 Å². The van der Waals surface area contributed by atoms with Crippen LogP contribution in [0.2, 0.25) is 0 Å². The molecule has 3 heteroatoms. The first kappa shape index (κ1) is 24.1. The van der Waals surface area contributed by atoms with Crippen LogP contribution in [-0.4, -0.2) is 29.7 Å². The van der Waals surface area contributed by atoms with Gasteiger partial charge in [0, 0.05) is 4.90 Å². The third kappa shape index (κ3) is 5.71. The number of ether oxygens (including phenoxy) is 1. The van der Waals surface area contributed by atoms with Crippen molar-refractivity contribution in [2.45, 2.75) is 68.6 Å². The molecular weight excluding hydrogens is 424 g/mol. The van der Waals surface area contributed by atoms with Gasteiger partial charge in [-0.3, -0.25) is 0 Å². The van der Waals surface area contributed by atoms with Crippen molar-refractivity contribution in [2.24, 2.45) is 0 Å². The van der Waals surface area contributed by atoms with Gasteiger partial charge in [0.25, 0.3) is 0 Å². The molecule has 0 aliphatic carbocycles. The quantitative estimate of drug-likeness (QED) is 0.438. The SMILES string of the molecule is CC(C)(C)c1ccc(-c2cc(SC3COCC3O)cc(-c3ccc(C(C)(C)C)cc3)c2)cc1. The Morgan fingerprint density at radius 1 is 0.667 bits per heavy atom. The van der Waals surface area contributed by atoms with Crippen molar-refractivity contribution in [1.29, 1.82) is 0 Å². The highest BCUT2D eigenvalue weighted by molar-refractivity contribution is 8.00. The lowest BCUT2D eigenvalue weighted by atomic mass is 9.85. The summed E-state index contributed by atoms with van der Waals surface area (Å²) in [6.45, 7) is 14.5. The van der Waals surface area contributed by atoms with E-state index >= 15 is 0 Å². The summed E-state index contributed by atoms with van der Waals surface area (Å²) in [6, 6.07) is 24.6. The van der Waals surface area contributed by atoms with Gasteiger partial charge in [0.1, 0.15) is 0 Å². The Morgan fingerprint density at radius 2 is 1.12 bits per heavy atom. The number of benzene rings is 3. The van der Waals surface area contributed by atoms with Gasteiger partial charge in [-0.15, -0.1) is 11.8 Å². The first-order chi connectivity index (χ1) is 15.5. The molecule has 2 nitrogen and oxygen atoms in total. The molecule has 0 amide bonds. The maximum Gasteiger partial charge on any atom is 0.0917 e. The fourth-order valence-corrected chi connectivity index (χ4v) is 5.28. The molecule has 0 spiro atoms. The summed E-state index contributed by atoms with van der Waals surface area (Å²) in [7, 11) is 0. The molecule has 1 saturated heterocycles. The summed E-state index contributed by atoms with van der Waals surface area (Å²) in [4.78, 5) is 1.16. The van der Waals surface area contributed by atoms with E-state index in [-0.39, 0.29) is 16.1 Å². The van der Waals surface area contributed by atoms with E-state index in [9.17, 15) is 5.11 Å². The van der Waals surface area contributed by atoms with Crippen LogP contribution in [-0.2, 0) is 15.6 Å². The second-order valence-electron chi connectivity index (χ2n) is 11.2. The first-order valence-corrected chi connectivity index (χ1v) is 12.7. The maximum atomic E-state index is 10.3. The topological polar surface area (TPSA) is 29.5 Å². The van der Waals surface area contributed by atoms with Crippen molar-refractivity contribution in [3.05, 3.63) is 77.9 Å². The molecule has 3 aromatic rings. The number of hydrogen-bond donors (Lipinski definition) is 1. The van der Waals surface area contributed by atoms with Crippen molar-refractivity contribution in [3.8, 4) is 22.3 Å². The standard InChI is InChI=1S/C30H36O2S/c1-29(2,3)24-11-7-20(8-12-24)22-15-23(21-9-13-25(14-10-21)30(4,5)6)17-26(16-22)33-28-19-32-18-27(28)31/h7-17,27-28,31H,18-19H2,1-6H3. The van der Waals surface area contributed by atoms with Crippen LogP contribution in [0.3, 0.4) is 0 Å². The van der Waals surface area contributed by atoms with E-state index < -0.39 is 6.10 Å². The molecule has 0 aromatic heterocycles. The summed E-state index contributed by atoms with van der Waals surface area (Å²) < 4.78 is 5.49. The van der Waals surface area contributed by atoms with Crippen LogP contribution < -0.4 is 0 Å². The summed E-state index contributed by atoms with van der Waals surface area (Å²) in [6.07, 6.45) is -0.417. The molecule has 33 heavy (non-hydrogen) atoms. The van der Waals surface area contributed by atoms with Gasteiger partial charge in [-0.1, -0.05) is 90.1 Å². The van der Waals surface area contributed by atoms with Gasteiger partial charge >= 0.3 is 0 Å². The highest BCUT2D eigenvalue weighted by Crippen LogP contribution is 2.37. The Labute approximate surface area is 203 Å². The van der Waals surface area contributed by atoms with E-state index in [1.54, 1.807) is 11.8 Å². The van der Waals surface area contributed by atoms with E-state index in [0.717, 1.165) is 4.90 Å². The van der Waals surface area contributed by atoms with Crippen molar-refractivity contribution >= 4 is 11.8 Å². The van der Waals surface area contributed by atoms with Crippen molar-refractivity contribution in [2.75, 3.05) is 13.2 Å². The first-order valence-electron chi connectivity index (χ1n) is 11.8. The van der Waals surface area contributed by atoms with Crippen LogP contribution in [0, 0.1) is 0 Å². The summed E-state index contributed by atoms with van der Waals surface area (Å²) >= 11 is 1.72. The Balaban J connectivity index is 1.73. The monoisotopic (exact) mass is 460 g/mol. The highest BCUT2D eigenvalue weighted by atomic mass is 32.2. The van der Waals surface area contributed by atoms with Crippen molar-refractivity contribution < 1.29 is 9.84 Å². The van der Waals surface area contributed by atoms with Crippen LogP contribution in [0.4, 0.5) is 0 Å². The smallest absolute Gasteiger partial charge is 0.0917 e.